The number of rotatable bonds is 7. The maximum Gasteiger partial charge on any atom is 0.301 e. The van der Waals surface area contributed by atoms with E-state index in [9.17, 15) is 31.3 Å². The number of sulfone groups is 1. The number of nitrogens with one attached hydrogen (secondary N) is 2. The van der Waals surface area contributed by atoms with Crippen molar-refractivity contribution in [3.8, 4) is 17.6 Å². The fourth-order valence-electron chi connectivity index (χ4n) is 5.42. The molecule has 41 heavy (non-hydrogen) atoms. The van der Waals surface area contributed by atoms with Gasteiger partial charge >= 0.3 is 10.2 Å². The first-order chi connectivity index (χ1) is 19.4. The summed E-state index contributed by atoms with van der Waals surface area (Å²) in [6.07, 6.45) is 2.63. The van der Waals surface area contributed by atoms with Crippen molar-refractivity contribution in [1.29, 1.82) is 5.26 Å². The molecule has 1 spiro atoms. The van der Waals surface area contributed by atoms with E-state index >= 15 is 0 Å². The average molecular weight is 605 g/mol. The molecule has 1 aromatic heterocycles. The molecule has 0 radical (unpaired) electrons. The van der Waals surface area contributed by atoms with Crippen molar-refractivity contribution in [3.05, 3.63) is 58.4 Å². The van der Waals surface area contributed by atoms with Gasteiger partial charge in [-0.15, -0.1) is 0 Å². The van der Waals surface area contributed by atoms with Crippen molar-refractivity contribution in [2.24, 2.45) is 0 Å². The van der Waals surface area contributed by atoms with E-state index < -0.39 is 48.0 Å². The number of piperidine rings is 1. The summed E-state index contributed by atoms with van der Waals surface area (Å²) in [5.41, 5.74) is -0.716. The molecule has 2 aromatic carbocycles. The molecule has 3 heterocycles. The maximum absolute atomic E-state index is 14.9. The second-order valence-electron chi connectivity index (χ2n) is 10.2. The van der Waals surface area contributed by atoms with Crippen molar-refractivity contribution < 1.29 is 26.0 Å². The van der Waals surface area contributed by atoms with Gasteiger partial charge in [-0.2, -0.15) is 18.0 Å². The molecule has 3 aromatic rings. The molecule has 12 nitrogen and oxygen atoms in total. The van der Waals surface area contributed by atoms with Gasteiger partial charge in [0, 0.05) is 13.6 Å². The lowest BCUT2D eigenvalue weighted by atomic mass is 9.91. The van der Waals surface area contributed by atoms with Gasteiger partial charge in [-0.1, -0.05) is 6.92 Å². The number of nitriles is 1. The Labute approximate surface area is 236 Å². The van der Waals surface area contributed by atoms with E-state index in [2.05, 4.69) is 15.0 Å². The predicted molar refractivity (Wildman–Crippen MR) is 150 cm³/mol. The minimum absolute atomic E-state index is 0.00380. The Bertz CT molecular complexity index is 1830. The lowest BCUT2D eigenvalue weighted by molar-refractivity contribution is 0.350. The van der Waals surface area contributed by atoms with Crippen LogP contribution in [0.25, 0.3) is 10.9 Å². The average Bonchev–Trinajstić information content (AvgIpc) is 3.19. The first-order valence-electron chi connectivity index (χ1n) is 13.0. The van der Waals surface area contributed by atoms with E-state index in [-0.39, 0.29) is 34.7 Å². The molecule has 0 unspecified atom stereocenters. The van der Waals surface area contributed by atoms with Gasteiger partial charge in [0.2, 0.25) is 0 Å². The smallest absolute Gasteiger partial charge is 0.301 e. The molecule has 0 aliphatic carbocycles. The SMILES string of the molecule is CCN(C)S(=O)(=O)Nc1ccc(F)c(Oc2ccc3ncn([C@@H]4CC5(CCNCC5)S(=O)(=O)C4)c(=O)c3c2)c1C#N. The Morgan fingerprint density at radius 2 is 2.02 bits per heavy atom. The fourth-order valence-corrected chi connectivity index (χ4v) is 8.77. The minimum Gasteiger partial charge on any atom is -0.453 e. The van der Waals surface area contributed by atoms with Crippen LogP contribution in [0, 0.1) is 17.1 Å². The molecular formula is C26H29FN6O6S2. The fraction of sp³-hybridized carbons (Fsp3) is 0.423. The third-order valence-corrected chi connectivity index (χ3v) is 12.2. The molecule has 2 aliphatic heterocycles. The Morgan fingerprint density at radius 3 is 2.71 bits per heavy atom. The molecule has 2 saturated heterocycles. The number of anilines is 1. The normalized spacial score (nSPS) is 19.8. The lowest BCUT2D eigenvalue weighted by Gasteiger charge is -2.32. The van der Waals surface area contributed by atoms with Gasteiger partial charge in [-0.25, -0.2) is 17.8 Å². The van der Waals surface area contributed by atoms with Crippen molar-refractivity contribution in [3.63, 3.8) is 0 Å². The summed E-state index contributed by atoms with van der Waals surface area (Å²) in [6.45, 7) is 2.98. The van der Waals surface area contributed by atoms with Gasteiger partial charge in [0.1, 0.15) is 17.4 Å². The number of benzene rings is 2. The van der Waals surface area contributed by atoms with Gasteiger partial charge < -0.3 is 10.1 Å². The Kier molecular flexibility index (Phi) is 7.53. The van der Waals surface area contributed by atoms with Gasteiger partial charge in [0.05, 0.1) is 39.5 Å². The summed E-state index contributed by atoms with van der Waals surface area (Å²) in [4.78, 5) is 17.9. The van der Waals surface area contributed by atoms with Gasteiger partial charge in [0.25, 0.3) is 5.56 Å². The van der Waals surface area contributed by atoms with E-state index in [0.717, 1.165) is 16.4 Å². The van der Waals surface area contributed by atoms with Gasteiger partial charge in [0.15, 0.2) is 21.4 Å². The van der Waals surface area contributed by atoms with Crippen LogP contribution in [-0.2, 0) is 20.0 Å². The zero-order chi connectivity index (χ0) is 29.6. The third kappa shape index (κ3) is 5.16. The first kappa shape index (κ1) is 28.9. The molecule has 2 aliphatic rings. The summed E-state index contributed by atoms with van der Waals surface area (Å²) >= 11 is 0. The Hall–Kier alpha value is -3.58. The highest BCUT2D eigenvalue weighted by Crippen LogP contribution is 2.44. The van der Waals surface area contributed by atoms with Crippen LogP contribution in [0.3, 0.4) is 0 Å². The maximum atomic E-state index is 14.9. The predicted octanol–water partition coefficient (Wildman–Crippen LogP) is 2.29. The molecule has 0 bridgehead atoms. The quantitative estimate of drug-likeness (QED) is 0.412. The second kappa shape index (κ2) is 10.7. The summed E-state index contributed by atoms with van der Waals surface area (Å²) in [5.74, 6) is -1.60. The van der Waals surface area contributed by atoms with Crippen LogP contribution >= 0.6 is 0 Å². The summed E-state index contributed by atoms with van der Waals surface area (Å²) in [6, 6.07) is 7.55. The zero-order valence-electron chi connectivity index (χ0n) is 22.4. The highest BCUT2D eigenvalue weighted by Gasteiger charge is 2.52. The molecule has 15 heteroatoms. The topological polar surface area (TPSA) is 163 Å². The van der Waals surface area contributed by atoms with E-state index in [4.69, 9.17) is 4.74 Å². The monoisotopic (exact) mass is 604 g/mol. The molecule has 218 valence electrons. The van der Waals surface area contributed by atoms with Crippen LogP contribution in [0.15, 0.2) is 41.5 Å². The van der Waals surface area contributed by atoms with Gasteiger partial charge in [-0.05, 0) is 62.7 Å². The second-order valence-corrected chi connectivity index (χ2v) is 14.4. The first-order valence-corrected chi connectivity index (χ1v) is 16.1. The number of nitrogens with zero attached hydrogens (tertiary/aromatic N) is 4. The molecule has 0 amide bonds. The number of hydrogen-bond donors (Lipinski definition) is 2. The summed E-state index contributed by atoms with van der Waals surface area (Å²) < 4.78 is 75.6. The van der Waals surface area contributed by atoms with E-state index in [1.165, 1.54) is 36.1 Å². The number of halogens is 1. The summed E-state index contributed by atoms with van der Waals surface area (Å²) in [5, 5.41) is 13.1. The number of ether oxygens (including phenoxy) is 1. The van der Waals surface area contributed by atoms with Crippen molar-refractivity contribution >= 4 is 36.6 Å². The largest absolute Gasteiger partial charge is 0.453 e. The van der Waals surface area contributed by atoms with Crippen molar-refractivity contribution in [2.45, 2.75) is 37.0 Å². The van der Waals surface area contributed by atoms with Crippen LogP contribution in [0.2, 0.25) is 0 Å². The molecular weight excluding hydrogens is 575 g/mol. The highest BCUT2D eigenvalue weighted by atomic mass is 32.2. The van der Waals surface area contributed by atoms with Crippen LogP contribution in [-0.4, -0.2) is 67.9 Å². The number of hydrogen-bond acceptors (Lipinski definition) is 9. The zero-order valence-corrected chi connectivity index (χ0v) is 24.1. The molecule has 0 saturated carbocycles. The highest BCUT2D eigenvalue weighted by molar-refractivity contribution is 7.93. The minimum atomic E-state index is -4.01. The molecule has 1 atom stereocenters. The van der Waals surface area contributed by atoms with Crippen molar-refractivity contribution in [2.75, 3.05) is 37.2 Å². The molecule has 5 rings (SSSR count). The Morgan fingerprint density at radius 1 is 1.29 bits per heavy atom. The molecule has 2 fully saturated rings. The number of fused-ring (bicyclic) bond motifs is 1. The standard InChI is InChI=1S/C26H29FN6O6S2/c1-3-32(2)41(37,38)31-23-7-5-21(27)24(20(23)14-28)39-18-4-6-22-19(12-18)25(34)33(16-30-22)17-13-26(40(35,36)15-17)8-10-29-11-9-26/h4-7,12,16-17,29,31H,3,8-11,13,15H2,1-2H3/t17-/m1/s1. The van der Waals surface area contributed by atoms with Gasteiger partial charge in [-0.3, -0.25) is 14.1 Å². The van der Waals surface area contributed by atoms with E-state index in [1.807, 2.05) is 0 Å². The van der Waals surface area contributed by atoms with Crippen LogP contribution in [0.5, 0.6) is 11.5 Å². The Balaban J connectivity index is 1.50. The van der Waals surface area contributed by atoms with E-state index in [0.29, 0.717) is 37.9 Å². The van der Waals surface area contributed by atoms with Crippen LogP contribution in [0.1, 0.15) is 37.8 Å². The third-order valence-electron chi connectivity index (χ3n) is 7.88. The van der Waals surface area contributed by atoms with Crippen molar-refractivity contribution in [1.82, 2.24) is 19.2 Å². The molecule has 2 N–H and O–H groups in total. The lowest BCUT2D eigenvalue weighted by Crippen LogP contribution is -2.45. The van der Waals surface area contributed by atoms with Crippen LogP contribution < -0.4 is 20.3 Å². The number of aromatic nitrogens is 2. The summed E-state index contributed by atoms with van der Waals surface area (Å²) in [7, 11) is -6.10. The van der Waals surface area contributed by atoms with Crippen LogP contribution in [0.4, 0.5) is 10.1 Å². The van der Waals surface area contributed by atoms with E-state index in [1.54, 1.807) is 13.0 Å².